The highest BCUT2D eigenvalue weighted by atomic mass is 16.3. The van der Waals surface area contributed by atoms with Gasteiger partial charge in [-0.1, -0.05) is 6.42 Å². The van der Waals surface area contributed by atoms with Crippen molar-refractivity contribution in [2.24, 2.45) is 11.8 Å². The Labute approximate surface area is 85.1 Å². The second kappa shape index (κ2) is 4.30. The third kappa shape index (κ3) is 1.92. The number of likely N-dealkylation sites (tertiary alicyclic amines) is 1. The molecule has 1 N–H and O–H groups in total. The monoisotopic (exact) mass is 197 g/mol. The van der Waals surface area contributed by atoms with Crippen molar-refractivity contribution in [2.45, 2.75) is 32.1 Å². The molecule has 2 rings (SSSR count). The average Bonchev–Trinajstić information content (AvgIpc) is 2.77. The van der Waals surface area contributed by atoms with Crippen LogP contribution in [0, 0.1) is 11.8 Å². The molecular formula is C11H19NO2. The predicted molar refractivity (Wildman–Crippen MR) is 53.7 cm³/mol. The maximum Gasteiger partial charge on any atom is 0.222 e. The number of aliphatic hydroxyl groups is 1. The number of carbonyl (C=O) groups is 1. The van der Waals surface area contributed by atoms with E-state index in [2.05, 4.69) is 0 Å². The van der Waals surface area contributed by atoms with E-state index < -0.39 is 0 Å². The molecule has 2 aliphatic rings. The summed E-state index contributed by atoms with van der Waals surface area (Å²) in [6.45, 7) is 2.13. The summed E-state index contributed by atoms with van der Waals surface area (Å²) in [5.41, 5.74) is 0. The van der Waals surface area contributed by atoms with Gasteiger partial charge in [-0.15, -0.1) is 0 Å². The minimum atomic E-state index is 0.298. The maximum absolute atomic E-state index is 11.4. The van der Waals surface area contributed by atoms with Crippen molar-refractivity contribution >= 4 is 5.91 Å². The normalized spacial score (nSPS) is 32.9. The summed E-state index contributed by atoms with van der Waals surface area (Å²) in [6, 6.07) is 0. The zero-order valence-electron chi connectivity index (χ0n) is 8.61. The van der Waals surface area contributed by atoms with Crippen molar-refractivity contribution in [1.82, 2.24) is 4.90 Å². The van der Waals surface area contributed by atoms with Gasteiger partial charge in [0.25, 0.3) is 0 Å². The molecule has 0 bridgehead atoms. The van der Waals surface area contributed by atoms with Gasteiger partial charge in [-0.05, 0) is 31.1 Å². The Kier molecular flexibility index (Phi) is 3.06. The fraction of sp³-hybridized carbons (Fsp3) is 0.909. The van der Waals surface area contributed by atoms with Crippen LogP contribution in [-0.4, -0.2) is 35.6 Å². The highest BCUT2D eigenvalue weighted by Gasteiger charge is 2.30. The molecule has 0 radical (unpaired) electrons. The quantitative estimate of drug-likeness (QED) is 0.733. The minimum absolute atomic E-state index is 0.298. The van der Waals surface area contributed by atoms with Crippen LogP contribution < -0.4 is 0 Å². The van der Waals surface area contributed by atoms with Crippen LogP contribution >= 0.6 is 0 Å². The fourth-order valence-electron chi connectivity index (χ4n) is 2.77. The second-order valence-electron chi connectivity index (χ2n) is 4.58. The van der Waals surface area contributed by atoms with E-state index in [0.29, 0.717) is 24.3 Å². The van der Waals surface area contributed by atoms with Crippen LogP contribution in [0.2, 0.25) is 0 Å². The molecule has 1 saturated heterocycles. The van der Waals surface area contributed by atoms with Crippen LogP contribution in [0.3, 0.4) is 0 Å². The molecule has 1 heterocycles. The molecule has 0 aromatic carbocycles. The summed E-state index contributed by atoms with van der Waals surface area (Å²) in [7, 11) is 0. The van der Waals surface area contributed by atoms with Gasteiger partial charge < -0.3 is 10.0 Å². The number of aliphatic hydroxyl groups excluding tert-OH is 1. The lowest BCUT2D eigenvalue weighted by Crippen LogP contribution is -2.32. The maximum atomic E-state index is 11.4. The molecule has 2 fully saturated rings. The standard InChI is InChI=1S/C11H19NO2/c13-8-10-4-1-3-9(10)7-12-6-2-5-11(12)14/h9-10,13H,1-8H2. The van der Waals surface area contributed by atoms with Gasteiger partial charge in [0.2, 0.25) is 5.91 Å². The first kappa shape index (κ1) is 9.97. The number of rotatable bonds is 3. The molecule has 14 heavy (non-hydrogen) atoms. The smallest absolute Gasteiger partial charge is 0.222 e. The van der Waals surface area contributed by atoms with Crippen molar-refractivity contribution in [1.29, 1.82) is 0 Å². The largest absolute Gasteiger partial charge is 0.396 e. The molecule has 1 aliphatic heterocycles. The fourth-order valence-corrected chi connectivity index (χ4v) is 2.77. The highest BCUT2D eigenvalue weighted by Crippen LogP contribution is 2.32. The van der Waals surface area contributed by atoms with Gasteiger partial charge in [0.05, 0.1) is 0 Å². The first-order valence-corrected chi connectivity index (χ1v) is 5.70. The molecule has 0 aromatic rings. The van der Waals surface area contributed by atoms with Crippen LogP contribution in [0.15, 0.2) is 0 Å². The van der Waals surface area contributed by atoms with E-state index in [1.807, 2.05) is 4.90 Å². The summed E-state index contributed by atoms with van der Waals surface area (Å²) in [6.07, 6.45) is 5.31. The van der Waals surface area contributed by atoms with E-state index in [1.165, 1.54) is 12.8 Å². The van der Waals surface area contributed by atoms with Crippen LogP contribution in [0.4, 0.5) is 0 Å². The lowest BCUT2D eigenvalue weighted by atomic mass is 9.96. The van der Waals surface area contributed by atoms with E-state index >= 15 is 0 Å². The number of nitrogens with zero attached hydrogens (tertiary/aromatic N) is 1. The molecule has 1 amide bonds. The van der Waals surface area contributed by atoms with Crippen molar-refractivity contribution in [3.63, 3.8) is 0 Å². The molecule has 0 spiro atoms. The molecule has 2 atom stereocenters. The topological polar surface area (TPSA) is 40.5 Å². The molecule has 1 aliphatic carbocycles. The summed E-state index contributed by atoms with van der Waals surface area (Å²) < 4.78 is 0. The lowest BCUT2D eigenvalue weighted by Gasteiger charge is -2.24. The summed E-state index contributed by atoms with van der Waals surface area (Å²) >= 11 is 0. The Morgan fingerprint density at radius 2 is 2.07 bits per heavy atom. The van der Waals surface area contributed by atoms with E-state index in [9.17, 15) is 9.90 Å². The Morgan fingerprint density at radius 3 is 2.71 bits per heavy atom. The summed E-state index contributed by atoms with van der Waals surface area (Å²) in [5, 5.41) is 9.17. The second-order valence-corrected chi connectivity index (χ2v) is 4.58. The Hall–Kier alpha value is -0.570. The predicted octanol–water partition coefficient (Wildman–Crippen LogP) is 1.02. The molecule has 80 valence electrons. The molecule has 1 saturated carbocycles. The van der Waals surface area contributed by atoms with Crippen LogP contribution in [0.1, 0.15) is 32.1 Å². The summed E-state index contributed by atoms with van der Waals surface area (Å²) in [4.78, 5) is 13.4. The van der Waals surface area contributed by atoms with Crippen LogP contribution in [-0.2, 0) is 4.79 Å². The zero-order valence-corrected chi connectivity index (χ0v) is 8.61. The number of hydrogen-bond donors (Lipinski definition) is 1. The Balaban J connectivity index is 1.86. The third-order valence-electron chi connectivity index (χ3n) is 3.68. The molecule has 3 heteroatoms. The average molecular weight is 197 g/mol. The zero-order chi connectivity index (χ0) is 9.97. The Bertz CT molecular complexity index is 217. The van der Waals surface area contributed by atoms with Gasteiger partial charge in [0, 0.05) is 26.1 Å². The van der Waals surface area contributed by atoms with Gasteiger partial charge in [0.15, 0.2) is 0 Å². The van der Waals surface area contributed by atoms with Crippen LogP contribution in [0.25, 0.3) is 0 Å². The van der Waals surface area contributed by atoms with E-state index in [-0.39, 0.29) is 0 Å². The van der Waals surface area contributed by atoms with Gasteiger partial charge in [0.1, 0.15) is 0 Å². The number of hydrogen-bond acceptors (Lipinski definition) is 2. The molecule has 2 unspecified atom stereocenters. The highest BCUT2D eigenvalue weighted by molar-refractivity contribution is 5.78. The SMILES string of the molecule is O=C1CCCN1CC1CCCC1CO. The minimum Gasteiger partial charge on any atom is -0.396 e. The van der Waals surface area contributed by atoms with Gasteiger partial charge in [-0.2, -0.15) is 0 Å². The first-order valence-electron chi connectivity index (χ1n) is 5.70. The first-order chi connectivity index (χ1) is 6.81. The lowest BCUT2D eigenvalue weighted by molar-refractivity contribution is -0.128. The van der Waals surface area contributed by atoms with E-state index in [1.54, 1.807) is 0 Å². The van der Waals surface area contributed by atoms with Crippen molar-refractivity contribution < 1.29 is 9.90 Å². The van der Waals surface area contributed by atoms with Crippen LogP contribution in [0.5, 0.6) is 0 Å². The van der Waals surface area contributed by atoms with E-state index in [4.69, 9.17) is 0 Å². The van der Waals surface area contributed by atoms with Gasteiger partial charge >= 0.3 is 0 Å². The van der Waals surface area contributed by atoms with Crippen molar-refractivity contribution in [3.8, 4) is 0 Å². The summed E-state index contributed by atoms with van der Waals surface area (Å²) in [5.74, 6) is 1.32. The van der Waals surface area contributed by atoms with Gasteiger partial charge in [-0.3, -0.25) is 4.79 Å². The number of carbonyl (C=O) groups excluding carboxylic acids is 1. The van der Waals surface area contributed by atoms with Gasteiger partial charge in [-0.25, -0.2) is 0 Å². The molecule has 0 aromatic heterocycles. The molecule has 3 nitrogen and oxygen atoms in total. The van der Waals surface area contributed by atoms with E-state index in [0.717, 1.165) is 32.4 Å². The Morgan fingerprint density at radius 1 is 1.29 bits per heavy atom. The van der Waals surface area contributed by atoms with Crippen molar-refractivity contribution in [3.05, 3.63) is 0 Å². The number of amides is 1. The van der Waals surface area contributed by atoms with Crippen molar-refractivity contribution in [2.75, 3.05) is 19.7 Å². The molecular weight excluding hydrogens is 178 g/mol. The third-order valence-corrected chi connectivity index (χ3v) is 3.68.